The van der Waals surface area contributed by atoms with E-state index in [1.54, 1.807) is 23.0 Å². The van der Waals surface area contributed by atoms with Gasteiger partial charge in [0.25, 0.3) is 0 Å². The number of fused-ring (bicyclic) bond motifs is 1. The molecule has 0 fully saturated rings. The Morgan fingerprint density at radius 2 is 2.17 bits per heavy atom. The van der Waals surface area contributed by atoms with Crippen LogP contribution >= 0.6 is 11.3 Å². The summed E-state index contributed by atoms with van der Waals surface area (Å²) in [6.07, 6.45) is 1.79. The molecule has 0 radical (unpaired) electrons. The number of thiazole rings is 1. The molecule has 0 aliphatic carbocycles. The van der Waals surface area contributed by atoms with E-state index in [1.165, 1.54) is 0 Å². The number of hydrogen-bond acceptors (Lipinski definition) is 4. The van der Waals surface area contributed by atoms with E-state index in [0.717, 1.165) is 16.2 Å². The topological polar surface area (TPSA) is 38.7 Å². The molecule has 62 valence electrons. The van der Waals surface area contributed by atoms with E-state index in [1.807, 2.05) is 0 Å². The SMILES string of the molecule is CC(C)c1ncc2ncsc2n1. The van der Waals surface area contributed by atoms with Gasteiger partial charge in [-0.1, -0.05) is 13.8 Å². The van der Waals surface area contributed by atoms with Crippen molar-refractivity contribution >= 4 is 21.7 Å². The predicted molar refractivity (Wildman–Crippen MR) is 49.3 cm³/mol. The highest BCUT2D eigenvalue weighted by atomic mass is 32.1. The molecule has 0 aromatic carbocycles. The molecule has 2 aromatic heterocycles. The molecule has 0 aliphatic heterocycles. The summed E-state index contributed by atoms with van der Waals surface area (Å²) >= 11 is 1.56. The third kappa shape index (κ3) is 1.18. The molecule has 2 aromatic rings. The summed E-state index contributed by atoms with van der Waals surface area (Å²) in [5.74, 6) is 1.28. The minimum atomic E-state index is 0.386. The van der Waals surface area contributed by atoms with E-state index in [-0.39, 0.29) is 0 Å². The molecular formula is C8H9N3S. The van der Waals surface area contributed by atoms with Crippen molar-refractivity contribution in [1.82, 2.24) is 15.0 Å². The van der Waals surface area contributed by atoms with Gasteiger partial charge in [0.15, 0.2) is 0 Å². The van der Waals surface area contributed by atoms with E-state index in [2.05, 4.69) is 28.8 Å². The van der Waals surface area contributed by atoms with Crippen molar-refractivity contribution in [2.45, 2.75) is 19.8 Å². The minimum absolute atomic E-state index is 0.386. The second-order valence-electron chi connectivity index (χ2n) is 2.93. The van der Waals surface area contributed by atoms with Gasteiger partial charge in [0.1, 0.15) is 16.2 Å². The van der Waals surface area contributed by atoms with E-state index < -0.39 is 0 Å². The van der Waals surface area contributed by atoms with Gasteiger partial charge in [-0.15, -0.1) is 11.3 Å². The van der Waals surface area contributed by atoms with Crippen molar-refractivity contribution in [1.29, 1.82) is 0 Å². The minimum Gasteiger partial charge on any atom is -0.241 e. The monoisotopic (exact) mass is 179 g/mol. The van der Waals surface area contributed by atoms with Gasteiger partial charge in [0.05, 0.1) is 11.7 Å². The average Bonchev–Trinajstić information content (AvgIpc) is 2.49. The van der Waals surface area contributed by atoms with Gasteiger partial charge >= 0.3 is 0 Å². The van der Waals surface area contributed by atoms with Crippen LogP contribution in [0.4, 0.5) is 0 Å². The number of hydrogen-bond donors (Lipinski definition) is 0. The molecule has 0 unspecified atom stereocenters. The maximum atomic E-state index is 4.38. The van der Waals surface area contributed by atoms with Crippen LogP contribution in [0.25, 0.3) is 10.3 Å². The molecule has 0 saturated heterocycles. The van der Waals surface area contributed by atoms with E-state index in [4.69, 9.17) is 0 Å². The molecule has 0 spiro atoms. The summed E-state index contributed by atoms with van der Waals surface area (Å²) in [5, 5.41) is 0. The van der Waals surface area contributed by atoms with Crippen molar-refractivity contribution in [2.75, 3.05) is 0 Å². The van der Waals surface area contributed by atoms with E-state index in [9.17, 15) is 0 Å². The van der Waals surface area contributed by atoms with Crippen LogP contribution < -0.4 is 0 Å². The van der Waals surface area contributed by atoms with Crippen molar-refractivity contribution in [3.8, 4) is 0 Å². The lowest BCUT2D eigenvalue weighted by Crippen LogP contribution is -1.95. The van der Waals surface area contributed by atoms with Crippen molar-refractivity contribution in [2.24, 2.45) is 0 Å². The molecule has 0 aliphatic rings. The Bertz CT molecular complexity index is 394. The lowest BCUT2D eigenvalue weighted by Gasteiger charge is -2.00. The molecular weight excluding hydrogens is 170 g/mol. The summed E-state index contributed by atoms with van der Waals surface area (Å²) in [6.45, 7) is 4.17. The molecule has 0 saturated carbocycles. The average molecular weight is 179 g/mol. The first kappa shape index (κ1) is 7.61. The summed E-state index contributed by atoms with van der Waals surface area (Å²) in [7, 11) is 0. The zero-order chi connectivity index (χ0) is 8.55. The first-order valence-corrected chi connectivity index (χ1v) is 4.71. The smallest absolute Gasteiger partial charge is 0.147 e. The lowest BCUT2D eigenvalue weighted by molar-refractivity contribution is 0.783. The Hall–Kier alpha value is -1.03. The third-order valence-corrected chi connectivity index (χ3v) is 2.36. The molecule has 0 N–H and O–H groups in total. The van der Waals surface area contributed by atoms with Crippen LogP contribution in [0.2, 0.25) is 0 Å². The summed E-state index contributed by atoms with van der Waals surface area (Å²) in [4.78, 5) is 13.7. The molecule has 0 amide bonds. The van der Waals surface area contributed by atoms with Crippen LogP contribution in [0.15, 0.2) is 11.7 Å². The van der Waals surface area contributed by atoms with E-state index >= 15 is 0 Å². The summed E-state index contributed by atoms with van der Waals surface area (Å²) in [5.41, 5.74) is 2.69. The normalized spacial score (nSPS) is 11.2. The molecule has 2 heterocycles. The second-order valence-corrected chi connectivity index (χ2v) is 3.76. The van der Waals surface area contributed by atoms with Crippen LogP contribution in [0, 0.1) is 0 Å². The predicted octanol–water partition coefficient (Wildman–Crippen LogP) is 2.21. The Morgan fingerprint density at radius 3 is 2.92 bits per heavy atom. The van der Waals surface area contributed by atoms with Gasteiger partial charge in [-0.25, -0.2) is 15.0 Å². The molecule has 0 bridgehead atoms. The van der Waals surface area contributed by atoms with Crippen LogP contribution in [-0.2, 0) is 0 Å². The largest absolute Gasteiger partial charge is 0.241 e. The van der Waals surface area contributed by atoms with Crippen molar-refractivity contribution in [3.05, 3.63) is 17.5 Å². The Morgan fingerprint density at radius 1 is 1.33 bits per heavy atom. The van der Waals surface area contributed by atoms with E-state index in [0.29, 0.717) is 5.92 Å². The summed E-state index contributed by atoms with van der Waals surface area (Å²) < 4.78 is 0. The third-order valence-electron chi connectivity index (χ3n) is 1.63. The molecule has 12 heavy (non-hydrogen) atoms. The van der Waals surface area contributed by atoms with Gasteiger partial charge in [0.2, 0.25) is 0 Å². The maximum absolute atomic E-state index is 4.38. The quantitative estimate of drug-likeness (QED) is 0.673. The Labute approximate surface area is 74.5 Å². The zero-order valence-electron chi connectivity index (χ0n) is 6.98. The molecule has 2 rings (SSSR count). The fourth-order valence-electron chi connectivity index (χ4n) is 0.959. The standard InChI is InChI=1S/C8H9N3S/c1-5(2)7-9-3-6-8(11-7)12-4-10-6/h3-5H,1-2H3. The van der Waals surface area contributed by atoms with Crippen LogP contribution in [-0.4, -0.2) is 15.0 Å². The highest BCUT2D eigenvalue weighted by molar-refractivity contribution is 7.16. The highest BCUT2D eigenvalue weighted by Crippen LogP contribution is 2.16. The molecule has 3 nitrogen and oxygen atoms in total. The van der Waals surface area contributed by atoms with Gasteiger partial charge < -0.3 is 0 Å². The molecule has 0 atom stereocenters. The van der Waals surface area contributed by atoms with Gasteiger partial charge in [-0.05, 0) is 0 Å². The van der Waals surface area contributed by atoms with Gasteiger partial charge in [-0.3, -0.25) is 0 Å². The maximum Gasteiger partial charge on any atom is 0.147 e. The van der Waals surface area contributed by atoms with Crippen LogP contribution in [0.3, 0.4) is 0 Å². The fraction of sp³-hybridized carbons (Fsp3) is 0.375. The first-order valence-electron chi connectivity index (χ1n) is 3.83. The first-order chi connectivity index (χ1) is 5.77. The zero-order valence-corrected chi connectivity index (χ0v) is 7.80. The van der Waals surface area contributed by atoms with Crippen molar-refractivity contribution < 1.29 is 0 Å². The Kier molecular flexibility index (Phi) is 1.77. The fourth-order valence-corrected chi connectivity index (χ4v) is 1.60. The van der Waals surface area contributed by atoms with Gasteiger partial charge in [-0.2, -0.15) is 0 Å². The number of nitrogens with zero attached hydrogens (tertiary/aromatic N) is 3. The van der Waals surface area contributed by atoms with Crippen LogP contribution in [0.1, 0.15) is 25.6 Å². The number of rotatable bonds is 1. The van der Waals surface area contributed by atoms with Gasteiger partial charge in [0, 0.05) is 5.92 Å². The molecule has 4 heteroatoms. The lowest BCUT2D eigenvalue weighted by atomic mass is 10.2. The summed E-state index contributed by atoms with van der Waals surface area (Å²) in [6, 6.07) is 0. The highest BCUT2D eigenvalue weighted by Gasteiger charge is 2.04. The number of aromatic nitrogens is 3. The van der Waals surface area contributed by atoms with Crippen LogP contribution in [0.5, 0.6) is 0 Å². The second kappa shape index (κ2) is 2.79. The Balaban J connectivity index is 2.60. The van der Waals surface area contributed by atoms with Crippen molar-refractivity contribution in [3.63, 3.8) is 0 Å².